The molecule has 1 aliphatic carbocycles. The van der Waals surface area contributed by atoms with Gasteiger partial charge in [0.2, 0.25) is 5.88 Å². The second-order valence-corrected chi connectivity index (χ2v) is 9.70. The van der Waals surface area contributed by atoms with E-state index in [9.17, 15) is 14.3 Å². The highest BCUT2D eigenvalue weighted by Gasteiger charge is 2.37. The number of aromatic nitrogens is 3. The van der Waals surface area contributed by atoms with Gasteiger partial charge in [0.05, 0.1) is 28.3 Å². The maximum Gasteiger partial charge on any atom is 0.306 e. The predicted molar refractivity (Wildman–Crippen MR) is 129 cm³/mol. The molecule has 2 aromatic carbocycles. The first-order valence-corrected chi connectivity index (χ1v) is 12.1. The van der Waals surface area contributed by atoms with Crippen molar-refractivity contribution >= 4 is 39.2 Å². The van der Waals surface area contributed by atoms with Gasteiger partial charge in [0.15, 0.2) is 0 Å². The van der Waals surface area contributed by atoms with Gasteiger partial charge in [-0.1, -0.05) is 17.7 Å². The molecule has 7 nitrogen and oxygen atoms in total. The number of aromatic amines is 1. The van der Waals surface area contributed by atoms with Crippen molar-refractivity contribution in [2.75, 3.05) is 13.2 Å². The van der Waals surface area contributed by atoms with E-state index < -0.39 is 17.7 Å². The maximum atomic E-state index is 14.6. The number of carbonyl (C=O) groups is 1. The van der Waals surface area contributed by atoms with Crippen LogP contribution in [0.4, 0.5) is 4.39 Å². The minimum Gasteiger partial charge on any atom is -0.481 e. The first kappa shape index (κ1) is 22.2. The monoisotopic (exact) mass is 495 g/mol. The van der Waals surface area contributed by atoms with Crippen LogP contribution in [0.5, 0.6) is 5.88 Å². The molecule has 0 bridgehead atoms. The summed E-state index contributed by atoms with van der Waals surface area (Å²) in [6, 6.07) is 8.79. The summed E-state index contributed by atoms with van der Waals surface area (Å²) in [5, 5.41) is 19.0. The molecule has 1 saturated carbocycles. The van der Waals surface area contributed by atoms with Gasteiger partial charge < -0.3 is 14.6 Å². The summed E-state index contributed by atoms with van der Waals surface area (Å²) in [7, 11) is 0. The van der Waals surface area contributed by atoms with E-state index in [1.165, 1.54) is 6.07 Å². The van der Waals surface area contributed by atoms with Crippen molar-refractivity contribution in [2.45, 2.75) is 37.7 Å². The number of ether oxygens (including phenoxy) is 2. The molecule has 0 atom stereocenters. The summed E-state index contributed by atoms with van der Waals surface area (Å²) in [6.45, 7) is 1.25. The summed E-state index contributed by atoms with van der Waals surface area (Å²) >= 11 is 6.00. The topological polar surface area (TPSA) is 97.3 Å². The first-order chi connectivity index (χ1) is 17.0. The van der Waals surface area contributed by atoms with Gasteiger partial charge in [-0.15, -0.1) is 0 Å². The zero-order chi connectivity index (χ0) is 24.1. The number of aliphatic carboxylic acids is 1. The fourth-order valence-electron chi connectivity index (χ4n) is 5.07. The molecule has 180 valence electrons. The van der Waals surface area contributed by atoms with E-state index >= 15 is 0 Å². The third-order valence-corrected chi connectivity index (χ3v) is 7.40. The van der Waals surface area contributed by atoms with Crippen molar-refractivity contribution in [2.24, 2.45) is 5.92 Å². The standard InChI is InChI=1S/C26H23ClFN3O4/c27-20-2-1-14(10-21(20)28)23-18-9-16-12-29-31-22(16)11-19(18)25(35-17-7-15(8-17)26(32)33)30-24(23)13-3-5-34-6-4-13/h1-2,9-13,15,17H,3-8H2,(H,29,31)(H,32,33). The van der Waals surface area contributed by atoms with Crippen LogP contribution in [0.2, 0.25) is 5.02 Å². The number of benzene rings is 2. The van der Waals surface area contributed by atoms with Gasteiger partial charge in [-0.05, 0) is 60.9 Å². The molecule has 2 N–H and O–H groups in total. The Morgan fingerprint density at radius 2 is 1.97 bits per heavy atom. The van der Waals surface area contributed by atoms with Crippen LogP contribution in [0.1, 0.15) is 37.3 Å². The van der Waals surface area contributed by atoms with Crippen molar-refractivity contribution < 1.29 is 23.8 Å². The molecule has 3 heterocycles. The van der Waals surface area contributed by atoms with E-state index in [4.69, 9.17) is 26.1 Å². The maximum absolute atomic E-state index is 14.6. The average molecular weight is 496 g/mol. The second-order valence-electron chi connectivity index (χ2n) is 9.29. The Balaban J connectivity index is 1.57. The smallest absolute Gasteiger partial charge is 0.306 e. The van der Waals surface area contributed by atoms with Crippen LogP contribution in [-0.4, -0.2) is 45.6 Å². The fourth-order valence-corrected chi connectivity index (χ4v) is 5.19. The van der Waals surface area contributed by atoms with E-state index in [1.807, 2.05) is 18.2 Å². The SMILES string of the molecule is O=C(O)C1CC(Oc2nc(C3CCOCC3)c(-c3ccc(Cl)c(F)c3)c3cc4cn[nH]c4cc23)C1. The molecule has 9 heteroatoms. The lowest BCUT2D eigenvalue weighted by Gasteiger charge is -2.33. The van der Waals surface area contributed by atoms with Crippen LogP contribution in [0.15, 0.2) is 36.5 Å². The molecule has 0 amide bonds. The lowest BCUT2D eigenvalue weighted by Crippen LogP contribution is -2.38. The number of carboxylic acids is 1. The molecule has 1 aliphatic heterocycles. The molecule has 6 rings (SSSR count). The Bertz CT molecular complexity index is 1440. The molecular weight excluding hydrogens is 473 g/mol. The van der Waals surface area contributed by atoms with Crippen molar-refractivity contribution in [1.82, 2.24) is 15.2 Å². The van der Waals surface area contributed by atoms with Crippen LogP contribution >= 0.6 is 11.6 Å². The molecule has 2 fully saturated rings. The largest absolute Gasteiger partial charge is 0.481 e. The summed E-state index contributed by atoms with van der Waals surface area (Å²) < 4.78 is 26.5. The minimum atomic E-state index is -0.801. The molecule has 35 heavy (non-hydrogen) atoms. The Labute approximate surface area is 205 Å². The number of hydrogen-bond donors (Lipinski definition) is 2. The van der Waals surface area contributed by atoms with E-state index in [1.54, 1.807) is 12.3 Å². The first-order valence-electron chi connectivity index (χ1n) is 11.7. The average Bonchev–Trinajstić information content (AvgIpc) is 3.29. The lowest BCUT2D eigenvalue weighted by atomic mass is 9.82. The van der Waals surface area contributed by atoms with Gasteiger partial charge in [-0.25, -0.2) is 9.37 Å². The van der Waals surface area contributed by atoms with Crippen LogP contribution in [0.3, 0.4) is 0 Å². The zero-order valence-electron chi connectivity index (χ0n) is 18.8. The summed E-state index contributed by atoms with van der Waals surface area (Å²) in [5.41, 5.74) is 3.19. The molecular formula is C26H23ClFN3O4. The van der Waals surface area contributed by atoms with Gasteiger partial charge in [0, 0.05) is 35.5 Å². The number of carboxylic acid groups (broad SMARTS) is 1. The third kappa shape index (κ3) is 4.00. The summed E-state index contributed by atoms with van der Waals surface area (Å²) in [5.74, 6) is -1.11. The number of nitrogens with one attached hydrogen (secondary N) is 1. The van der Waals surface area contributed by atoms with E-state index in [-0.39, 0.29) is 17.0 Å². The van der Waals surface area contributed by atoms with Crippen LogP contribution in [0.25, 0.3) is 32.8 Å². The second kappa shape index (κ2) is 8.77. The lowest BCUT2D eigenvalue weighted by molar-refractivity contribution is -0.148. The molecule has 0 unspecified atom stereocenters. The number of hydrogen-bond acceptors (Lipinski definition) is 5. The van der Waals surface area contributed by atoms with E-state index in [0.717, 1.165) is 45.8 Å². The molecule has 2 aliphatic rings. The molecule has 4 aromatic rings. The normalized spacial score (nSPS) is 20.7. The Kier molecular flexibility index (Phi) is 5.57. The zero-order valence-corrected chi connectivity index (χ0v) is 19.5. The fraction of sp³-hybridized carbons (Fsp3) is 0.346. The van der Waals surface area contributed by atoms with Crippen LogP contribution in [0, 0.1) is 11.7 Å². The number of H-pyrrole nitrogens is 1. The van der Waals surface area contributed by atoms with Crippen molar-refractivity contribution in [3.05, 3.63) is 53.1 Å². The molecule has 1 saturated heterocycles. The summed E-state index contributed by atoms with van der Waals surface area (Å²) in [6.07, 6.45) is 4.01. The van der Waals surface area contributed by atoms with Gasteiger partial charge in [0.25, 0.3) is 0 Å². The highest BCUT2D eigenvalue weighted by atomic mass is 35.5. The minimum absolute atomic E-state index is 0.0637. The molecule has 0 radical (unpaired) electrons. The Hall–Kier alpha value is -3.23. The van der Waals surface area contributed by atoms with E-state index in [2.05, 4.69) is 10.2 Å². The number of fused-ring (bicyclic) bond motifs is 2. The van der Waals surface area contributed by atoms with Gasteiger partial charge in [-0.3, -0.25) is 9.89 Å². The van der Waals surface area contributed by atoms with Crippen LogP contribution in [-0.2, 0) is 9.53 Å². The number of pyridine rings is 1. The van der Waals surface area contributed by atoms with Gasteiger partial charge >= 0.3 is 5.97 Å². The highest BCUT2D eigenvalue weighted by molar-refractivity contribution is 6.30. The van der Waals surface area contributed by atoms with Crippen molar-refractivity contribution in [1.29, 1.82) is 0 Å². The quantitative estimate of drug-likeness (QED) is 0.368. The number of halogens is 2. The van der Waals surface area contributed by atoms with Gasteiger partial charge in [-0.2, -0.15) is 5.10 Å². The van der Waals surface area contributed by atoms with E-state index in [0.29, 0.717) is 37.5 Å². The Morgan fingerprint density at radius 1 is 1.17 bits per heavy atom. The van der Waals surface area contributed by atoms with Gasteiger partial charge in [0.1, 0.15) is 11.9 Å². The third-order valence-electron chi connectivity index (χ3n) is 7.09. The summed E-state index contributed by atoms with van der Waals surface area (Å²) in [4.78, 5) is 16.3. The Morgan fingerprint density at radius 3 is 2.71 bits per heavy atom. The number of rotatable bonds is 5. The van der Waals surface area contributed by atoms with Crippen molar-refractivity contribution in [3.8, 4) is 17.0 Å². The molecule has 0 spiro atoms. The molecule has 2 aromatic heterocycles. The predicted octanol–water partition coefficient (Wildman–Crippen LogP) is 5.71. The van der Waals surface area contributed by atoms with Crippen LogP contribution < -0.4 is 4.74 Å². The highest BCUT2D eigenvalue weighted by Crippen LogP contribution is 2.44. The van der Waals surface area contributed by atoms with Crippen molar-refractivity contribution in [3.63, 3.8) is 0 Å². The number of nitrogens with zero attached hydrogens (tertiary/aromatic N) is 2.